The highest BCUT2D eigenvalue weighted by molar-refractivity contribution is 5.96. The van der Waals surface area contributed by atoms with Crippen LogP contribution < -0.4 is 4.90 Å². The number of rotatable bonds is 3. The summed E-state index contributed by atoms with van der Waals surface area (Å²) in [6.07, 6.45) is 5.18. The van der Waals surface area contributed by atoms with Crippen molar-refractivity contribution in [3.8, 4) is 0 Å². The van der Waals surface area contributed by atoms with Crippen LogP contribution in [0.15, 0.2) is 22.6 Å². The van der Waals surface area contributed by atoms with Gasteiger partial charge in [0.2, 0.25) is 0 Å². The molecule has 0 aliphatic carbocycles. The lowest BCUT2D eigenvalue weighted by atomic mass is 10.1. The van der Waals surface area contributed by atoms with Gasteiger partial charge >= 0.3 is 0 Å². The maximum Gasteiger partial charge on any atom is 0.298 e. The molecule has 0 saturated carbocycles. The third-order valence-corrected chi connectivity index (χ3v) is 5.37. The zero-order valence-electron chi connectivity index (χ0n) is 15.1. The first-order valence-corrected chi connectivity index (χ1v) is 9.23. The predicted octanol–water partition coefficient (Wildman–Crippen LogP) is 2.59. The van der Waals surface area contributed by atoms with Crippen LogP contribution in [0.2, 0.25) is 0 Å². The average Bonchev–Trinajstić information content (AvgIpc) is 3.27. The SMILES string of the molecule is CN(C)C(=O)c1ccc2nc(N3CCC(N4CCCCC4)C3)oc2c1. The summed E-state index contributed by atoms with van der Waals surface area (Å²) in [7, 11) is 3.51. The predicted molar refractivity (Wildman–Crippen MR) is 98.1 cm³/mol. The van der Waals surface area contributed by atoms with E-state index in [1.165, 1.54) is 38.8 Å². The van der Waals surface area contributed by atoms with Crippen molar-refractivity contribution >= 4 is 23.0 Å². The highest BCUT2D eigenvalue weighted by Crippen LogP contribution is 2.28. The van der Waals surface area contributed by atoms with Crippen molar-refractivity contribution in [3.63, 3.8) is 0 Å². The summed E-state index contributed by atoms with van der Waals surface area (Å²) in [6.45, 7) is 4.41. The number of carbonyl (C=O) groups excluding carboxylic acids is 1. The summed E-state index contributed by atoms with van der Waals surface area (Å²) in [5.74, 6) is -0.0221. The number of piperidine rings is 1. The van der Waals surface area contributed by atoms with Crippen molar-refractivity contribution in [1.82, 2.24) is 14.8 Å². The highest BCUT2D eigenvalue weighted by Gasteiger charge is 2.30. The summed E-state index contributed by atoms with van der Waals surface area (Å²) < 4.78 is 5.98. The van der Waals surface area contributed by atoms with E-state index in [0.29, 0.717) is 23.2 Å². The number of hydrogen-bond donors (Lipinski definition) is 0. The van der Waals surface area contributed by atoms with E-state index in [4.69, 9.17) is 4.42 Å². The lowest BCUT2D eigenvalue weighted by Gasteiger charge is -2.31. The number of aromatic nitrogens is 1. The molecule has 6 heteroatoms. The topological polar surface area (TPSA) is 52.8 Å². The molecule has 4 rings (SSSR count). The lowest BCUT2D eigenvalue weighted by Crippen LogP contribution is -2.40. The molecular formula is C19H26N4O2. The van der Waals surface area contributed by atoms with Gasteiger partial charge in [-0.1, -0.05) is 6.42 Å². The van der Waals surface area contributed by atoms with Crippen LogP contribution in [0.3, 0.4) is 0 Å². The molecule has 134 valence electrons. The average molecular weight is 342 g/mol. The number of oxazole rings is 1. The van der Waals surface area contributed by atoms with E-state index in [9.17, 15) is 4.79 Å². The largest absolute Gasteiger partial charge is 0.423 e. The molecule has 3 heterocycles. The van der Waals surface area contributed by atoms with Crippen LogP contribution in [0.5, 0.6) is 0 Å². The standard InChI is InChI=1S/C19H26N4O2/c1-21(2)18(24)14-6-7-16-17(12-14)25-19(20-16)23-11-8-15(13-23)22-9-4-3-5-10-22/h6-7,12,15H,3-5,8-11,13H2,1-2H3. The van der Waals surface area contributed by atoms with Crippen molar-refractivity contribution < 1.29 is 9.21 Å². The van der Waals surface area contributed by atoms with E-state index < -0.39 is 0 Å². The second-order valence-electron chi connectivity index (χ2n) is 7.36. The summed E-state index contributed by atoms with van der Waals surface area (Å²) >= 11 is 0. The van der Waals surface area contributed by atoms with Gasteiger partial charge < -0.3 is 14.2 Å². The number of carbonyl (C=O) groups is 1. The maximum atomic E-state index is 12.1. The second-order valence-corrected chi connectivity index (χ2v) is 7.36. The first kappa shape index (κ1) is 16.4. The fourth-order valence-corrected chi connectivity index (χ4v) is 3.94. The van der Waals surface area contributed by atoms with E-state index >= 15 is 0 Å². The van der Waals surface area contributed by atoms with Crippen molar-refractivity contribution in [2.45, 2.75) is 31.7 Å². The Labute approximate surface area is 148 Å². The minimum atomic E-state index is -0.0221. The number of likely N-dealkylation sites (tertiary alicyclic amines) is 1. The number of nitrogens with zero attached hydrogens (tertiary/aromatic N) is 4. The minimum Gasteiger partial charge on any atom is -0.423 e. The third kappa shape index (κ3) is 3.23. The molecule has 2 saturated heterocycles. The molecule has 1 atom stereocenters. The molecule has 0 radical (unpaired) electrons. The van der Waals surface area contributed by atoms with Crippen LogP contribution in [0.25, 0.3) is 11.1 Å². The van der Waals surface area contributed by atoms with E-state index in [0.717, 1.165) is 18.6 Å². The Kier molecular flexibility index (Phi) is 4.37. The molecule has 0 N–H and O–H groups in total. The Morgan fingerprint density at radius 1 is 1.20 bits per heavy atom. The highest BCUT2D eigenvalue weighted by atomic mass is 16.4. The molecule has 2 aliphatic rings. The van der Waals surface area contributed by atoms with Crippen LogP contribution >= 0.6 is 0 Å². The summed E-state index contributed by atoms with van der Waals surface area (Å²) in [6, 6.07) is 6.78. The van der Waals surface area contributed by atoms with Crippen LogP contribution in [-0.2, 0) is 0 Å². The van der Waals surface area contributed by atoms with Gasteiger partial charge in [-0.15, -0.1) is 0 Å². The third-order valence-electron chi connectivity index (χ3n) is 5.37. The Morgan fingerprint density at radius 2 is 2.00 bits per heavy atom. The van der Waals surface area contributed by atoms with Crippen LogP contribution in [0.4, 0.5) is 6.01 Å². The van der Waals surface area contributed by atoms with Crippen molar-refractivity contribution in [2.24, 2.45) is 0 Å². The maximum absolute atomic E-state index is 12.1. The van der Waals surface area contributed by atoms with Gasteiger partial charge in [-0.2, -0.15) is 4.98 Å². The van der Waals surface area contributed by atoms with Gasteiger partial charge in [0.25, 0.3) is 11.9 Å². The quantitative estimate of drug-likeness (QED) is 0.858. The van der Waals surface area contributed by atoms with Gasteiger partial charge in [0.15, 0.2) is 5.58 Å². The Balaban J connectivity index is 1.51. The molecule has 6 nitrogen and oxygen atoms in total. The first-order chi connectivity index (χ1) is 12.1. The van der Waals surface area contributed by atoms with Crippen molar-refractivity contribution in [2.75, 3.05) is 45.2 Å². The van der Waals surface area contributed by atoms with Crippen molar-refractivity contribution in [1.29, 1.82) is 0 Å². The second kappa shape index (κ2) is 6.67. The molecule has 2 fully saturated rings. The van der Waals surface area contributed by atoms with Gasteiger partial charge in [0.1, 0.15) is 5.52 Å². The number of anilines is 1. The number of amides is 1. The number of benzene rings is 1. The molecule has 2 aliphatic heterocycles. The molecule has 1 unspecified atom stereocenters. The first-order valence-electron chi connectivity index (χ1n) is 9.23. The van der Waals surface area contributed by atoms with E-state index in [1.54, 1.807) is 25.1 Å². The molecule has 25 heavy (non-hydrogen) atoms. The van der Waals surface area contributed by atoms with Crippen LogP contribution in [-0.4, -0.2) is 67.0 Å². The summed E-state index contributed by atoms with van der Waals surface area (Å²) in [4.78, 5) is 23.2. The van der Waals surface area contributed by atoms with Crippen LogP contribution in [0.1, 0.15) is 36.0 Å². The molecule has 1 aromatic carbocycles. The lowest BCUT2D eigenvalue weighted by molar-refractivity contribution is 0.0827. The zero-order chi connectivity index (χ0) is 17.4. The number of hydrogen-bond acceptors (Lipinski definition) is 5. The molecule has 1 amide bonds. The van der Waals surface area contributed by atoms with Gasteiger partial charge in [0, 0.05) is 38.8 Å². The van der Waals surface area contributed by atoms with Crippen molar-refractivity contribution in [3.05, 3.63) is 23.8 Å². The molecule has 0 spiro atoms. The van der Waals surface area contributed by atoms with Gasteiger partial charge in [-0.3, -0.25) is 9.69 Å². The van der Waals surface area contributed by atoms with E-state index in [2.05, 4.69) is 14.8 Å². The summed E-state index contributed by atoms with van der Waals surface area (Å²) in [5.41, 5.74) is 2.13. The molecule has 0 bridgehead atoms. The molecule has 2 aromatic rings. The van der Waals surface area contributed by atoms with E-state index in [-0.39, 0.29) is 5.91 Å². The number of fused-ring (bicyclic) bond motifs is 1. The molecular weight excluding hydrogens is 316 g/mol. The van der Waals surface area contributed by atoms with E-state index in [1.807, 2.05) is 12.1 Å². The zero-order valence-corrected chi connectivity index (χ0v) is 15.1. The normalized spacial score (nSPS) is 21.8. The smallest absolute Gasteiger partial charge is 0.298 e. The fraction of sp³-hybridized carbons (Fsp3) is 0.579. The molecule has 1 aromatic heterocycles. The fourth-order valence-electron chi connectivity index (χ4n) is 3.94. The van der Waals surface area contributed by atoms with Gasteiger partial charge in [-0.05, 0) is 50.6 Å². The van der Waals surface area contributed by atoms with Gasteiger partial charge in [0.05, 0.1) is 0 Å². The Hall–Kier alpha value is -2.08. The Morgan fingerprint density at radius 3 is 2.76 bits per heavy atom. The Bertz CT molecular complexity index is 764. The summed E-state index contributed by atoms with van der Waals surface area (Å²) in [5, 5.41) is 0. The minimum absolute atomic E-state index is 0.0221. The van der Waals surface area contributed by atoms with Crippen LogP contribution in [0, 0.1) is 0 Å². The monoisotopic (exact) mass is 342 g/mol. The van der Waals surface area contributed by atoms with Gasteiger partial charge in [-0.25, -0.2) is 0 Å².